The number of halogens is 2. The molecule has 0 unspecified atom stereocenters. The number of aromatic nitrogens is 1. The molecule has 2 aromatic rings. The molecule has 2 rings (SSSR count). The van der Waals surface area contributed by atoms with Crippen LogP contribution in [-0.4, -0.2) is 16.2 Å². The predicted octanol–water partition coefficient (Wildman–Crippen LogP) is 3.35. The van der Waals surface area contributed by atoms with Gasteiger partial charge in [-0.3, -0.25) is 0 Å². The van der Waals surface area contributed by atoms with Gasteiger partial charge in [0.15, 0.2) is 11.5 Å². The Bertz CT molecular complexity index is 551. The molecule has 0 fully saturated rings. The standard InChI is InChI=1S/C10H5Cl2NO3/c11-5-1-2-7(12)6(3-5)9-4-8(10(14)15)13-16-9/h1-4H,(H,14,15). The highest BCUT2D eigenvalue weighted by atomic mass is 35.5. The van der Waals surface area contributed by atoms with Gasteiger partial charge >= 0.3 is 5.97 Å². The monoisotopic (exact) mass is 257 g/mol. The third-order valence-corrected chi connectivity index (χ3v) is 2.49. The van der Waals surface area contributed by atoms with Gasteiger partial charge in [0, 0.05) is 16.7 Å². The zero-order valence-corrected chi connectivity index (χ0v) is 9.29. The van der Waals surface area contributed by atoms with Crippen LogP contribution in [0.5, 0.6) is 0 Å². The van der Waals surface area contributed by atoms with E-state index < -0.39 is 5.97 Å². The summed E-state index contributed by atoms with van der Waals surface area (Å²) >= 11 is 11.7. The largest absolute Gasteiger partial charge is 0.476 e. The van der Waals surface area contributed by atoms with Crippen molar-refractivity contribution in [1.82, 2.24) is 5.16 Å². The number of nitrogens with zero attached hydrogens (tertiary/aromatic N) is 1. The van der Waals surface area contributed by atoms with Gasteiger partial charge in [0.05, 0.1) is 5.02 Å². The lowest BCUT2D eigenvalue weighted by Gasteiger charge is -1.99. The molecule has 0 aliphatic heterocycles. The van der Waals surface area contributed by atoms with Crippen molar-refractivity contribution < 1.29 is 14.4 Å². The summed E-state index contributed by atoms with van der Waals surface area (Å²) < 4.78 is 4.87. The first-order chi connectivity index (χ1) is 7.58. The molecule has 82 valence electrons. The molecular weight excluding hydrogens is 253 g/mol. The molecule has 0 atom stereocenters. The van der Waals surface area contributed by atoms with E-state index in [1.54, 1.807) is 18.2 Å². The lowest BCUT2D eigenvalue weighted by molar-refractivity contribution is 0.0686. The topological polar surface area (TPSA) is 63.3 Å². The second kappa shape index (κ2) is 4.15. The summed E-state index contributed by atoms with van der Waals surface area (Å²) in [6, 6.07) is 6.10. The second-order valence-electron chi connectivity index (χ2n) is 3.01. The second-order valence-corrected chi connectivity index (χ2v) is 3.85. The first kappa shape index (κ1) is 11.0. The molecule has 0 aliphatic carbocycles. The molecule has 0 saturated carbocycles. The molecule has 1 N–H and O–H groups in total. The quantitative estimate of drug-likeness (QED) is 0.897. The van der Waals surface area contributed by atoms with Crippen LogP contribution in [-0.2, 0) is 0 Å². The molecule has 6 heteroatoms. The fourth-order valence-electron chi connectivity index (χ4n) is 1.19. The van der Waals surface area contributed by atoms with Crippen LogP contribution in [0.3, 0.4) is 0 Å². The van der Waals surface area contributed by atoms with Crippen molar-refractivity contribution in [2.24, 2.45) is 0 Å². The summed E-state index contributed by atoms with van der Waals surface area (Å²) in [7, 11) is 0. The van der Waals surface area contributed by atoms with Gasteiger partial charge in [-0.2, -0.15) is 0 Å². The maximum atomic E-state index is 10.6. The van der Waals surface area contributed by atoms with E-state index in [2.05, 4.69) is 5.16 Å². The van der Waals surface area contributed by atoms with E-state index in [1.165, 1.54) is 6.07 Å². The highest BCUT2D eigenvalue weighted by molar-refractivity contribution is 6.35. The van der Waals surface area contributed by atoms with Crippen LogP contribution in [0.25, 0.3) is 11.3 Å². The van der Waals surface area contributed by atoms with Crippen molar-refractivity contribution in [3.8, 4) is 11.3 Å². The van der Waals surface area contributed by atoms with Crippen molar-refractivity contribution in [2.75, 3.05) is 0 Å². The number of carboxylic acids is 1. The SMILES string of the molecule is O=C(O)c1cc(-c2cc(Cl)ccc2Cl)on1. The molecular formula is C10H5Cl2NO3. The van der Waals surface area contributed by atoms with Gasteiger partial charge in [-0.25, -0.2) is 4.79 Å². The van der Waals surface area contributed by atoms with Gasteiger partial charge in [-0.05, 0) is 18.2 Å². The normalized spacial score (nSPS) is 10.4. The van der Waals surface area contributed by atoms with Crippen molar-refractivity contribution in [3.63, 3.8) is 0 Å². The molecule has 16 heavy (non-hydrogen) atoms. The fourth-order valence-corrected chi connectivity index (χ4v) is 1.57. The molecule has 1 heterocycles. The van der Waals surface area contributed by atoms with Crippen molar-refractivity contribution >= 4 is 29.2 Å². The Morgan fingerprint density at radius 3 is 2.69 bits per heavy atom. The van der Waals surface area contributed by atoms with Gasteiger partial charge in [0.25, 0.3) is 0 Å². The summed E-state index contributed by atoms with van der Waals surface area (Å²) in [5.41, 5.74) is 0.334. The van der Waals surface area contributed by atoms with E-state index in [1.807, 2.05) is 0 Å². The Kier molecular flexibility index (Phi) is 2.85. The first-order valence-electron chi connectivity index (χ1n) is 4.23. The number of hydrogen-bond acceptors (Lipinski definition) is 3. The Balaban J connectivity index is 2.50. The fraction of sp³-hybridized carbons (Fsp3) is 0. The van der Waals surface area contributed by atoms with Gasteiger partial charge < -0.3 is 9.63 Å². The van der Waals surface area contributed by atoms with Gasteiger partial charge in [-0.15, -0.1) is 0 Å². The Morgan fingerprint density at radius 1 is 1.31 bits per heavy atom. The zero-order chi connectivity index (χ0) is 11.7. The average Bonchev–Trinajstić information content (AvgIpc) is 2.70. The molecule has 1 aromatic carbocycles. The number of hydrogen-bond donors (Lipinski definition) is 1. The third kappa shape index (κ3) is 2.03. The molecule has 4 nitrogen and oxygen atoms in total. The molecule has 0 bridgehead atoms. The van der Waals surface area contributed by atoms with Crippen LogP contribution in [0.2, 0.25) is 10.0 Å². The molecule has 0 radical (unpaired) electrons. The van der Waals surface area contributed by atoms with Gasteiger partial charge in [0.2, 0.25) is 0 Å². The summed E-state index contributed by atoms with van der Waals surface area (Å²) in [6.07, 6.45) is 0. The van der Waals surface area contributed by atoms with Crippen LogP contribution in [0.1, 0.15) is 10.5 Å². The summed E-state index contributed by atoms with van der Waals surface area (Å²) in [5, 5.41) is 13.0. The van der Waals surface area contributed by atoms with Crippen LogP contribution in [0, 0.1) is 0 Å². The maximum Gasteiger partial charge on any atom is 0.358 e. The molecule has 1 aromatic heterocycles. The van der Waals surface area contributed by atoms with Crippen molar-refractivity contribution in [3.05, 3.63) is 40.0 Å². The lowest BCUT2D eigenvalue weighted by Crippen LogP contribution is -1.94. The Hall–Kier alpha value is -1.52. The molecule has 0 amide bonds. The number of benzene rings is 1. The van der Waals surface area contributed by atoms with E-state index >= 15 is 0 Å². The first-order valence-corrected chi connectivity index (χ1v) is 4.99. The minimum absolute atomic E-state index is 0.175. The highest BCUT2D eigenvalue weighted by Gasteiger charge is 2.14. The Morgan fingerprint density at radius 2 is 2.06 bits per heavy atom. The van der Waals surface area contributed by atoms with Crippen LogP contribution >= 0.6 is 23.2 Å². The van der Waals surface area contributed by atoms with E-state index in [-0.39, 0.29) is 11.5 Å². The molecule has 0 saturated heterocycles. The van der Waals surface area contributed by atoms with E-state index in [0.29, 0.717) is 15.6 Å². The lowest BCUT2D eigenvalue weighted by atomic mass is 10.1. The van der Waals surface area contributed by atoms with E-state index in [9.17, 15) is 4.79 Å². The van der Waals surface area contributed by atoms with E-state index in [4.69, 9.17) is 32.8 Å². The number of rotatable bonds is 2. The third-order valence-electron chi connectivity index (χ3n) is 1.92. The van der Waals surface area contributed by atoms with Crippen molar-refractivity contribution in [2.45, 2.75) is 0 Å². The Labute approximate surface area is 100 Å². The smallest absolute Gasteiger partial charge is 0.358 e. The number of carboxylic acid groups (broad SMARTS) is 1. The predicted molar refractivity (Wildman–Crippen MR) is 58.9 cm³/mol. The average molecular weight is 258 g/mol. The molecule has 0 aliphatic rings. The highest BCUT2D eigenvalue weighted by Crippen LogP contribution is 2.30. The summed E-state index contributed by atoms with van der Waals surface area (Å²) in [5.74, 6) is -0.891. The zero-order valence-electron chi connectivity index (χ0n) is 7.78. The summed E-state index contributed by atoms with van der Waals surface area (Å²) in [6.45, 7) is 0. The van der Waals surface area contributed by atoms with Crippen molar-refractivity contribution in [1.29, 1.82) is 0 Å². The van der Waals surface area contributed by atoms with E-state index in [0.717, 1.165) is 0 Å². The van der Waals surface area contributed by atoms with Gasteiger partial charge in [0.1, 0.15) is 0 Å². The summed E-state index contributed by atoms with van der Waals surface area (Å²) in [4.78, 5) is 10.6. The van der Waals surface area contributed by atoms with Gasteiger partial charge in [-0.1, -0.05) is 28.4 Å². The number of aromatic carboxylic acids is 1. The van der Waals surface area contributed by atoms with Crippen LogP contribution in [0.15, 0.2) is 28.8 Å². The van der Waals surface area contributed by atoms with Crippen LogP contribution < -0.4 is 0 Å². The maximum absolute atomic E-state index is 10.6. The molecule has 0 spiro atoms. The minimum atomic E-state index is -1.16. The number of carbonyl (C=O) groups is 1. The minimum Gasteiger partial charge on any atom is -0.476 e. The van der Waals surface area contributed by atoms with Crippen LogP contribution in [0.4, 0.5) is 0 Å².